The van der Waals surface area contributed by atoms with Gasteiger partial charge in [0, 0.05) is 11.4 Å². The second-order valence-corrected chi connectivity index (χ2v) is 5.25. The lowest BCUT2D eigenvalue weighted by Crippen LogP contribution is -2.24. The van der Waals surface area contributed by atoms with Gasteiger partial charge in [-0.25, -0.2) is 0 Å². The smallest absolute Gasteiger partial charge is 0.191 e. The Hall–Kier alpha value is -2.27. The van der Waals surface area contributed by atoms with Gasteiger partial charge in [0.1, 0.15) is 0 Å². The largest absolute Gasteiger partial charge is 0.331 e. The minimum Gasteiger partial charge on any atom is -0.331 e. The average molecular weight is 298 g/mol. The number of aryl methyl sites for hydroxylation is 3. The lowest BCUT2D eigenvalue weighted by molar-refractivity contribution is 1.04. The van der Waals surface area contributed by atoms with Gasteiger partial charge in [0.15, 0.2) is 5.11 Å². The average Bonchev–Trinajstić information content (AvgIpc) is 2.42. The molecule has 0 atom stereocenters. The van der Waals surface area contributed by atoms with Crippen LogP contribution >= 0.6 is 12.2 Å². The molecule has 0 amide bonds. The van der Waals surface area contributed by atoms with E-state index in [0.29, 0.717) is 5.11 Å². The van der Waals surface area contributed by atoms with Crippen LogP contribution in [0.4, 0.5) is 5.69 Å². The molecule has 0 aliphatic carbocycles. The lowest BCUT2D eigenvalue weighted by atomic mass is 10.1. The molecule has 4 nitrogen and oxygen atoms in total. The Labute approximate surface area is 130 Å². The van der Waals surface area contributed by atoms with E-state index >= 15 is 0 Å². The fourth-order valence-electron chi connectivity index (χ4n) is 1.90. The quantitative estimate of drug-likeness (QED) is 0.518. The van der Waals surface area contributed by atoms with Gasteiger partial charge >= 0.3 is 0 Å². The molecule has 2 N–H and O–H groups in total. The van der Waals surface area contributed by atoms with Crippen LogP contribution in [0.2, 0.25) is 0 Å². The molecular formula is C16H18N4S. The molecule has 0 aliphatic rings. The number of nitrogens with zero attached hydrogens (tertiary/aromatic N) is 2. The third kappa shape index (κ3) is 4.65. The first-order valence-electron chi connectivity index (χ1n) is 6.65. The van der Waals surface area contributed by atoms with E-state index in [-0.39, 0.29) is 0 Å². The Morgan fingerprint density at radius 1 is 1.19 bits per heavy atom. The van der Waals surface area contributed by atoms with Gasteiger partial charge in [-0.2, -0.15) is 5.10 Å². The molecule has 1 aromatic heterocycles. The number of anilines is 1. The Bertz CT molecular complexity index is 680. The molecule has 2 aromatic rings. The summed E-state index contributed by atoms with van der Waals surface area (Å²) in [5.74, 6) is 0. The number of rotatable bonds is 3. The number of benzene rings is 1. The zero-order valence-electron chi connectivity index (χ0n) is 12.3. The van der Waals surface area contributed by atoms with Crippen LogP contribution in [0.3, 0.4) is 0 Å². The van der Waals surface area contributed by atoms with Gasteiger partial charge in [-0.15, -0.1) is 0 Å². The SMILES string of the molecule is Cc1ccc(NC(=S)N/N=C\c2cccc(C)n2)c(C)c1. The van der Waals surface area contributed by atoms with Crippen molar-refractivity contribution in [1.29, 1.82) is 0 Å². The van der Waals surface area contributed by atoms with Gasteiger partial charge in [-0.3, -0.25) is 10.4 Å². The fourth-order valence-corrected chi connectivity index (χ4v) is 2.06. The van der Waals surface area contributed by atoms with Crippen molar-refractivity contribution in [2.75, 3.05) is 5.32 Å². The van der Waals surface area contributed by atoms with E-state index in [0.717, 1.165) is 22.6 Å². The number of hydrogen-bond donors (Lipinski definition) is 2. The molecule has 0 unspecified atom stereocenters. The van der Waals surface area contributed by atoms with Gasteiger partial charge in [0.05, 0.1) is 11.9 Å². The van der Waals surface area contributed by atoms with Crippen LogP contribution in [0.15, 0.2) is 41.5 Å². The van der Waals surface area contributed by atoms with Crippen LogP contribution in [0.25, 0.3) is 0 Å². The minimum absolute atomic E-state index is 0.450. The number of aromatic nitrogens is 1. The Morgan fingerprint density at radius 2 is 2.00 bits per heavy atom. The van der Waals surface area contributed by atoms with E-state index in [1.165, 1.54) is 5.56 Å². The van der Waals surface area contributed by atoms with Crippen LogP contribution in [0, 0.1) is 20.8 Å². The molecule has 1 heterocycles. The molecule has 5 heteroatoms. The van der Waals surface area contributed by atoms with Gasteiger partial charge in [0.2, 0.25) is 0 Å². The van der Waals surface area contributed by atoms with E-state index < -0.39 is 0 Å². The first kappa shape index (κ1) is 15.1. The number of pyridine rings is 1. The summed E-state index contributed by atoms with van der Waals surface area (Å²) in [4.78, 5) is 4.32. The molecule has 0 fully saturated rings. The molecule has 0 saturated heterocycles. The number of thiocarbonyl (C=S) groups is 1. The molecule has 0 saturated carbocycles. The Balaban J connectivity index is 1.93. The highest BCUT2D eigenvalue weighted by Gasteiger charge is 2.00. The summed E-state index contributed by atoms with van der Waals surface area (Å²) < 4.78 is 0. The molecule has 0 radical (unpaired) electrons. The van der Waals surface area contributed by atoms with Crippen molar-refractivity contribution in [2.24, 2.45) is 5.10 Å². The standard InChI is InChI=1S/C16H18N4S/c1-11-7-8-15(12(2)9-11)19-16(21)20-17-10-14-6-4-5-13(3)18-14/h4-10H,1-3H3,(H2,19,20,21)/b17-10-. The van der Waals surface area contributed by atoms with Crippen molar-refractivity contribution < 1.29 is 0 Å². The minimum atomic E-state index is 0.450. The first-order chi connectivity index (χ1) is 10.0. The lowest BCUT2D eigenvalue weighted by Gasteiger charge is -2.10. The summed E-state index contributed by atoms with van der Waals surface area (Å²) in [7, 11) is 0. The fraction of sp³-hybridized carbons (Fsp3) is 0.188. The predicted molar refractivity (Wildman–Crippen MR) is 91.8 cm³/mol. The molecule has 0 aliphatic heterocycles. The number of hydrogen-bond acceptors (Lipinski definition) is 3. The third-order valence-corrected chi connectivity index (χ3v) is 3.10. The topological polar surface area (TPSA) is 49.3 Å². The van der Waals surface area contributed by atoms with Gasteiger partial charge in [-0.05, 0) is 56.8 Å². The van der Waals surface area contributed by atoms with E-state index in [2.05, 4.69) is 33.8 Å². The summed E-state index contributed by atoms with van der Waals surface area (Å²) in [6.07, 6.45) is 1.64. The first-order valence-corrected chi connectivity index (χ1v) is 7.06. The van der Waals surface area contributed by atoms with E-state index in [1.54, 1.807) is 6.21 Å². The van der Waals surface area contributed by atoms with Gasteiger partial charge in [-0.1, -0.05) is 23.8 Å². The van der Waals surface area contributed by atoms with Crippen molar-refractivity contribution in [3.63, 3.8) is 0 Å². The van der Waals surface area contributed by atoms with Crippen LogP contribution < -0.4 is 10.7 Å². The number of hydrazone groups is 1. The second kappa shape index (κ2) is 6.95. The summed E-state index contributed by atoms with van der Waals surface area (Å²) in [5.41, 5.74) is 7.87. The van der Waals surface area contributed by atoms with E-state index in [4.69, 9.17) is 12.2 Å². The maximum Gasteiger partial charge on any atom is 0.191 e. The van der Waals surface area contributed by atoms with Crippen LogP contribution in [0.1, 0.15) is 22.5 Å². The number of nitrogens with one attached hydrogen (secondary N) is 2. The van der Waals surface area contributed by atoms with Crippen LogP contribution in [-0.2, 0) is 0 Å². The monoisotopic (exact) mass is 298 g/mol. The summed E-state index contributed by atoms with van der Waals surface area (Å²) in [5, 5.41) is 7.66. The Morgan fingerprint density at radius 3 is 2.71 bits per heavy atom. The highest BCUT2D eigenvalue weighted by Crippen LogP contribution is 2.15. The Kier molecular flexibility index (Phi) is 5.00. The molecular weight excluding hydrogens is 280 g/mol. The highest BCUT2D eigenvalue weighted by atomic mass is 32.1. The van der Waals surface area contributed by atoms with Crippen molar-refractivity contribution >= 4 is 29.2 Å². The van der Waals surface area contributed by atoms with E-state index in [1.807, 2.05) is 44.2 Å². The summed E-state index contributed by atoms with van der Waals surface area (Å²) >= 11 is 5.21. The molecule has 0 bridgehead atoms. The maximum atomic E-state index is 5.21. The van der Waals surface area contributed by atoms with Crippen molar-refractivity contribution in [3.05, 3.63) is 58.9 Å². The molecule has 1 aromatic carbocycles. The maximum absolute atomic E-state index is 5.21. The normalized spacial score (nSPS) is 10.6. The predicted octanol–water partition coefficient (Wildman–Crippen LogP) is 3.33. The molecule has 2 rings (SSSR count). The van der Waals surface area contributed by atoms with Crippen molar-refractivity contribution in [2.45, 2.75) is 20.8 Å². The van der Waals surface area contributed by atoms with Crippen LogP contribution in [0.5, 0.6) is 0 Å². The van der Waals surface area contributed by atoms with Crippen LogP contribution in [-0.4, -0.2) is 16.3 Å². The van der Waals surface area contributed by atoms with E-state index in [9.17, 15) is 0 Å². The molecule has 21 heavy (non-hydrogen) atoms. The zero-order valence-corrected chi connectivity index (χ0v) is 13.2. The summed E-state index contributed by atoms with van der Waals surface area (Å²) in [6.45, 7) is 6.04. The molecule has 108 valence electrons. The van der Waals surface area contributed by atoms with Crippen molar-refractivity contribution in [3.8, 4) is 0 Å². The van der Waals surface area contributed by atoms with Gasteiger partial charge < -0.3 is 5.32 Å². The van der Waals surface area contributed by atoms with Crippen molar-refractivity contribution in [1.82, 2.24) is 10.4 Å². The second-order valence-electron chi connectivity index (χ2n) is 4.85. The third-order valence-electron chi connectivity index (χ3n) is 2.90. The zero-order chi connectivity index (χ0) is 15.2. The van der Waals surface area contributed by atoms with Gasteiger partial charge in [0.25, 0.3) is 0 Å². The summed E-state index contributed by atoms with van der Waals surface area (Å²) in [6, 6.07) is 11.9. The molecule has 0 spiro atoms. The highest BCUT2D eigenvalue weighted by molar-refractivity contribution is 7.80.